The van der Waals surface area contributed by atoms with Gasteiger partial charge in [0.1, 0.15) is 22.2 Å². The van der Waals surface area contributed by atoms with Crippen LogP contribution in [0.2, 0.25) is 0 Å². The fraction of sp³-hybridized carbons (Fsp3) is 0.321. The zero-order valence-electron chi connectivity index (χ0n) is 23.2. The van der Waals surface area contributed by atoms with E-state index in [4.69, 9.17) is 9.47 Å². The molecule has 0 aliphatic rings. The van der Waals surface area contributed by atoms with Gasteiger partial charge in [0.2, 0.25) is 0 Å². The highest BCUT2D eigenvalue weighted by Gasteiger charge is 2.24. The van der Waals surface area contributed by atoms with Crippen LogP contribution in [0.3, 0.4) is 0 Å². The average Bonchev–Trinajstić information content (AvgIpc) is 3.31. The first-order valence-electron chi connectivity index (χ1n) is 12.5. The lowest BCUT2D eigenvalue weighted by Gasteiger charge is -2.23. The summed E-state index contributed by atoms with van der Waals surface area (Å²) in [4.78, 5) is 33.0. The zero-order valence-corrected chi connectivity index (χ0v) is 24.9. The summed E-state index contributed by atoms with van der Waals surface area (Å²) < 4.78 is 38.6. The van der Waals surface area contributed by atoms with Gasteiger partial charge in [-0.15, -0.1) is 11.3 Å². The lowest BCUT2D eigenvalue weighted by atomic mass is 10.0. The van der Waals surface area contributed by atoms with E-state index in [1.54, 1.807) is 24.0 Å². The Morgan fingerprint density at radius 1 is 1.10 bits per heavy atom. The Balaban J connectivity index is 1.93. The quantitative estimate of drug-likeness (QED) is 0.310. The lowest BCUT2D eigenvalue weighted by molar-refractivity contribution is 0.0740. The summed E-state index contributed by atoms with van der Waals surface area (Å²) >= 11 is 1.23. The zero-order chi connectivity index (χ0) is 29.4. The number of rotatable bonds is 13. The van der Waals surface area contributed by atoms with E-state index in [-0.39, 0.29) is 18.1 Å². The van der Waals surface area contributed by atoms with Crippen LogP contribution < -0.4 is 18.9 Å². The van der Waals surface area contributed by atoms with Gasteiger partial charge >= 0.3 is 10.2 Å². The number of methoxy groups -OCH3 is 2. The molecule has 0 unspecified atom stereocenters. The molecule has 3 aromatic rings. The number of thiazole rings is 1. The number of amides is 2. The van der Waals surface area contributed by atoms with E-state index in [0.717, 1.165) is 17.6 Å². The summed E-state index contributed by atoms with van der Waals surface area (Å²) in [6.45, 7) is 8.04. The molecule has 0 saturated heterocycles. The molecule has 0 aliphatic heterocycles. The predicted octanol–water partition coefficient (Wildman–Crippen LogP) is 3.97. The number of hydrogen-bond acceptors (Lipinski definition) is 8. The molecule has 2 N–H and O–H groups in total. The topological polar surface area (TPSA) is 127 Å². The molecule has 40 heavy (non-hydrogen) atoms. The third kappa shape index (κ3) is 7.68. The number of nitrogens with zero attached hydrogens (tertiary/aromatic N) is 2. The molecule has 12 heteroatoms. The van der Waals surface area contributed by atoms with Gasteiger partial charge in [0, 0.05) is 24.0 Å². The van der Waals surface area contributed by atoms with Crippen molar-refractivity contribution in [2.45, 2.75) is 33.2 Å². The number of nitrogens with one attached hydrogen (secondary N) is 2. The number of carbonyl (C=O) groups is 2. The largest absolute Gasteiger partial charge is 0.496 e. The van der Waals surface area contributed by atoms with Crippen molar-refractivity contribution in [3.05, 3.63) is 81.3 Å². The van der Waals surface area contributed by atoms with Gasteiger partial charge < -0.3 is 14.4 Å². The highest BCUT2D eigenvalue weighted by atomic mass is 32.2. The van der Waals surface area contributed by atoms with Crippen molar-refractivity contribution in [3.63, 3.8) is 0 Å². The van der Waals surface area contributed by atoms with Gasteiger partial charge in [0.15, 0.2) is 0 Å². The monoisotopic (exact) mass is 586 g/mol. The minimum absolute atomic E-state index is 0.00957. The molecule has 0 atom stereocenters. The second-order valence-corrected chi connectivity index (χ2v) is 11.9. The normalized spacial score (nSPS) is 11.1. The van der Waals surface area contributed by atoms with Crippen LogP contribution in [-0.2, 0) is 23.2 Å². The van der Waals surface area contributed by atoms with Crippen molar-refractivity contribution in [2.24, 2.45) is 0 Å². The molecule has 0 spiro atoms. The highest BCUT2D eigenvalue weighted by Crippen LogP contribution is 2.36. The SMILES string of the molecule is C=C(C)c1c(OC)cc(C(=O)N(CCCc2ccccc2)Cc2nc(C(=O)NS(=O)(=O)NC)c(C)s2)cc1OC. The minimum Gasteiger partial charge on any atom is -0.496 e. The number of aromatic nitrogens is 1. The second kappa shape index (κ2) is 13.6. The van der Waals surface area contributed by atoms with Gasteiger partial charge in [-0.25, -0.2) is 14.4 Å². The average molecular weight is 587 g/mol. The van der Waals surface area contributed by atoms with Crippen LogP contribution in [0.5, 0.6) is 11.5 Å². The van der Waals surface area contributed by atoms with Crippen molar-refractivity contribution < 1.29 is 27.5 Å². The fourth-order valence-corrected chi connectivity index (χ4v) is 5.51. The lowest BCUT2D eigenvalue weighted by Crippen LogP contribution is -2.38. The van der Waals surface area contributed by atoms with Crippen LogP contribution >= 0.6 is 11.3 Å². The van der Waals surface area contributed by atoms with E-state index in [1.165, 1.54) is 32.6 Å². The molecule has 2 amide bonds. The minimum atomic E-state index is -3.99. The van der Waals surface area contributed by atoms with Crippen molar-refractivity contribution in [2.75, 3.05) is 27.8 Å². The first kappa shape index (κ1) is 30.8. The Kier molecular flexibility index (Phi) is 10.4. The Bertz CT molecular complexity index is 1460. The van der Waals surface area contributed by atoms with E-state index < -0.39 is 16.1 Å². The Morgan fingerprint density at radius 2 is 1.73 bits per heavy atom. The van der Waals surface area contributed by atoms with Gasteiger partial charge in [-0.05, 0) is 50.0 Å². The summed E-state index contributed by atoms with van der Waals surface area (Å²) in [5.41, 5.74) is 2.92. The number of aryl methyl sites for hydroxylation is 2. The Hall–Kier alpha value is -3.74. The number of ether oxygens (including phenoxy) is 2. The molecule has 0 fully saturated rings. The van der Waals surface area contributed by atoms with Crippen LogP contribution in [0.25, 0.3) is 5.57 Å². The summed E-state index contributed by atoms with van der Waals surface area (Å²) in [5.74, 6) is -0.181. The maximum absolute atomic E-state index is 13.9. The Morgan fingerprint density at radius 3 is 2.27 bits per heavy atom. The van der Waals surface area contributed by atoms with E-state index in [9.17, 15) is 18.0 Å². The van der Waals surface area contributed by atoms with Gasteiger partial charge in [-0.1, -0.05) is 36.9 Å². The number of hydrogen-bond donors (Lipinski definition) is 2. The number of carbonyl (C=O) groups excluding carboxylic acids is 2. The molecular formula is C28H34N4O6S2. The molecule has 1 aromatic heterocycles. The number of benzene rings is 2. The maximum atomic E-state index is 13.9. The molecular weight excluding hydrogens is 552 g/mol. The number of allylic oxidation sites excluding steroid dienone is 1. The van der Waals surface area contributed by atoms with Crippen molar-refractivity contribution in [1.29, 1.82) is 0 Å². The molecule has 10 nitrogen and oxygen atoms in total. The first-order valence-corrected chi connectivity index (χ1v) is 14.8. The third-order valence-electron chi connectivity index (χ3n) is 6.08. The van der Waals surface area contributed by atoms with Crippen LogP contribution in [-0.4, -0.2) is 57.9 Å². The smallest absolute Gasteiger partial charge is 0.301 e. The highest BCUT2D eigenvalue weighted by molar-refractivity contribution is 7.88. The summed E-state index contributed by atoms with van der Waals surface area (Å²) in [7, 11) is 0.248. The van der Waals surface area contributed by atoms with E-state index in [2.05, 4.69) is 11.6 Å². The van der Waals surface area contributed by atoms with Crippen LogP contribution in [0.1, 0.15) is 55.2 Å². The van der Waals surface area contributed by atoms with Crippen LogP contribution in [0.4, 0.5) is 0 Å². The van der Waals surface area contributed by atoms with Gasteiger partial charge in [0.05, 0.1) is 26.3 Å². The second-order valence-electron chi connectivity index (χ2n) is 9.00. The molecule has 3 rings (SSSR count). The van der Waals surface area contributed by atoms with Crippen LogP contribution in [0, 0.1) is 6.92 Å². The van der Waals surface area contributed by atoms with Gasteiger partial charge in [-0.3, -0.25) is 9.59 Å². The fourth-order valence-electron chi connectivity index (χ4n) is 4.12. The third-order valence-corrected chi connectivity index (χ3v) is 8.03. The van der Waals surface area contributed by atoms with Crippen molar-refractivity contribution in [1.82, 2.24) is 19.3 Å². The van der Waals surface area contributed by atoms with Crippen molar-refractivity contribution >= 4 is 38.9 Å². The first-order chi connectivity index (χ1) is 19.0. The van der Waals surface area contributed by atoms with Crippen LogP contribution in [0.15, 0.2) is 49.0 Å². The van der Waals surface area contributed by atoms with Gasteiger partial charge in [-0.2, -0.15) is 8.42 Å². The maximum Gasteiger partial charge on any atom is 0.301 e. The molecule has 0 saturated carbocycles. The van der Waals surface area contributed by atoms with E-state index in [1.807, 2.05) is 46.7 Å². The van der Waals surface area contributed by atoms with E-state index >= 15 is 0 Å². The van der Waals surface area contributed by atoms with E-state index in [0.29, 0.717) is 45.5 Å². The molecule has 0 aliphatic carbocycles. The van der Waals surface area contributed by atoms with Gasteiger partial charge in [0.25, 0.3) is 11.8 Å². The summed E-state index contributed by atoms with van der Waals surface area (Å²) in [5, 5.41) is 0.495. The van der Waals surface area contributed by atoms with Crippen molar-refractivity contribution in [3.8, 4) is 11.5 Å². The molecule has 2 aromatic carbocycles. The Labute approximate surface area is 239 Å². The summed E-state index contributed by atoms with van der Waals surface area (Å²) in [6.07, 6.45) is 1.45. The summed E-state index contributed by atoms with van der Waals surface area (Å²) in [6, 6.07) is 13.3. The standard InChI is InChI=1S/C28H34N4O6S2/c1-18(2)25-22(37-5)15-21(16-23(25)38-6)28(34)32(14-10-13-20-11-8-7-9-12-20)17-24-30-26(19(3)39-24)27(33)31-40(35,36)29-4/h7-9,11-12,15-16,29H,1,10,13-14,17H2,2-6H3,(H,31,33). The molecule has 214 valence electrons. The molecule has 0 radical (unpaired) electrons. The predicted molar refractivity (Wildman–Crippen MR) is 156 cm³/mol. The molecule has 1 heterocycles. The molecule has 0 bridgehead atoms.